The zero-order valence-corrected chi connectivity index (χ0v) is 11.2. The molecule has 0 radical (unpaired) electrons. The van der Waals surface area contributed by atoms with Crippen LogP contribution in [0.25, 0.3) is 0 Å². The summed E-state index contributed by atoms with van der Waals surface area (Å²) in [5.41, 5.74) is 8.42. The molecule has 1 aromatic rings. The predicted octanol–water partition coefficient (Wildman–Crippen LogP) is 2.28. The lowest BCUT2D eigenvalue weighted by atomic mass is 9.90. The third kappa shape index (κ3) is 2.01. The van der Waals surface area contributed by atoms with Crippen molar-refractivity contribution < 1.29 is 0 Å². The fourth-order valence-electron chi connectivity index (χ4n) is 2.43. The SMILES string of the molecule is C=CCN1C(N)=NCC1(C)c1ccc(CC)cc1. The maximum atomic E-state index is 5.96. The molecule has 0 aliphatic carbocycles. The van der Waals surface area contributed by atoms with E-state index in [-0.39, 0.29) is 5.54 Å². The number of benzene rings is 1. The van der Waals surface area contributed by atoms with Crippen LogP contribution in [0.1, 0.15) is 25.0 Å². The highest BCUT2D eigenvalue weighted by Crippen LogP contribution is 2.32. The predicted molar refractivity (Wildman–Crippen MR) is 76.6 cm³/mol. The molecule has 2 rings (SSSR count). The molecule has 0 spiro atoms. The van der Waals surface area contributed by atoms with Gasteiger partial charge in [-0.25, -0.2) is 0 Å². The van der Waals surface area contributed by atoms with Crippen molar-refractivity contribution in [2.45, 2.75) is 25.8 Å². The number of nitrogens with zero attached hydrogens (tertiary/aromatic N) is 2. The zero-order chi connectivity index (χ0) is 13.2. The number of aryl methyl sites for hydroxylation is 1. The molecule has 0 bridgehead atoms. The van der Waals surface area contributed by atoms with Crippen molar-refractivity contribution in [1.82, 2.24) is 4.90 Å². The van der Waals surface area contributed by atoms with Crippen LogP contribution in [0.15, 0.2) is 41.9 Å². The van der Waals surface area contributed by atoms with E-state index in [2.05, 4.69) is 54.6 Å². The summed E-state index contributed by atoms with van der Waals surface area (Å²) in [6.07, 6.45) is 2.93. The molecule has 1 aliphatic heterocycles. The largest absolute Gasteiger partial charge is 0.370 e. The fraction of sp³-hybridized carbons (Fsp3) is 0.400. The minimum absolute atomic E-state index is 0.148. The van der Waals surface area contributed by atoms with E-state index in [4.69, 9.17) is 5.73 Å². The van der Waals surface area contributed by atoms with Gasteiger partial charge in [-0.3, -0.25) is 4.99 Å². The highest BCUT2D eigenvalue weighted by atomic mass is 15.3. The molecule has 0 saturated heterocycles. The van der Waals surface area contributed by atoms with Crippen molar-refractivity contribution in [2.24, 2.45) is 10.7 Å². The number of nitrogens with two attached hydrogens (primary N) is 1. The molecule has 3 heteroatoms. The second kappa shape index (κ2) is 4.84. The van der Waals surface area contributed by atoms with Crippen LogP contribution in [0.5, 0.6) is 0 Å². The number of guanidine groups is 1. The Morgan fingerprint density at radius 3 is 2.67 bits per heavy atom. The van der Waals surface area contributed by atoms with Crippen LogP contribution in [0.2, 0.25) is 0 Å². The average Bonchev–Trinajstić information content (AvgIpc) is 2.69. The van der Waals surface area contributed by atoms with Gasteiger partial charge < -0.3 is 10.6 Å². The van der Waals surface area contributed by atoms with Gasteiger partial charge in [-0.2, -0.15) is 0 Å². The number of aliphatic imine (C=N–C) groups is 1. The molecule has 1 aliphatic rings. The third-order valence-electron chi connectivity index (χ3n) is 3.72. The molecular formula is C15H21N3. The van der Waals surface area contributed by atoms with Crippen molar-refractivity contribution in [3.05, 3.63) is 48.0 Å². The Balaban J connectivity index is 2.32. The van der Waals surface area contributed by atoms with Gasteiger partial charge in [0.1, 0.15) is 0 Å². The Hall–Kier alpha value is -1.77. The third-order valence-corrected chi connectivity index (χ3v) is 3.72. The molecule has 0 saturated carbocycles. The summed E-state index contributed by atoms with van der Waals surface area (Å²) in [7, 11) is 0. The summed E-state index contributed by atoms with van der Waals surface area (Å²) in [5.74, 6) is 0.608. The van der Waals surface area contributed by atoms with Crippen LogP contribution in [0, 0.1) is 0 Å². The molecule has 0 fully saturated rings. The highest BCUT2D eigenvalue weighted by Gasteiger charge is 2.38. The normalized spacial score (nSPS) is 23.0. The first-order valence-corrected chi connectivity index (χ1v) is 6.39. The minimum atomic E-state index is -0.148. The number of rotatable bonds is 4. The van der Waals surface area contributed by atoms with Crippen LogP contribution in [-0.2, 0) is 12.0 Å². The van der Waals surface area contributed by atoms with Gasteiger partial charge in [0.05, 0.1) is 12.1 Å². The number of hydrogen-bond donors (Lipinski definition) is 1. The molecule has 18 heavy (non-hydrogen) atoms. The van der Waals surface area contributed by atoms with E-state index >= 15 is 0 Å². The Morgan fingerprint density at radius 2 is 2.11 bits per heavy atom. The molecule has 1 aromatic carbocycles. The highest BCUT2D eigenvalue weighted by molar-refractivity contribution is 5.81. The second-order valence-corrected chi connectivity index (χ2v) is 4.90. The van der Waals surface area contributed by atoms with Gasteiger partial charge in [0, 0.05) is 6.54 Å². The van der Waals surface area contributed by atoms with Crippen LogP contribution in [0.3, 0.4) is 0 Å². The Labute approximate surface area is 109 Å². The van der Waals surface area contributed by atoms with Crippen molar-refractivity contribution >= 4 is 5.96 Å². The maximum absolute atomic E-state index is 5.96. The fourth-order valence-corrected chi connectivity index (χ4v) is 2.43. The molecule has 0 amide bonds. The van der Waals surface area contributed by atoms with E-state index in [1.165, 1.54) is 11.1 Å². The van der Waals surface area contributed by atoms with E-state index < -0.39 is 0 Å². The van der Waals surface area contributed by atoms with Gasteiger partial charge in [-0.1, -0.05) is 37.3 Å². The molecule has 3 nitrogen and oxygen atoms in total. The minimum Gasteiger partial charge on any atom is -0.370 e. The Bertz CT molecular complexity index is 461. The van der Waals surface area contributed by atoms with Crippen molar-refractivity contribution in [2.75, 3.05) is 13.1 Å². The lowest BCUT2D eigenvalue weighted by Gasteiger charge is -2.36. The summed E-state index contributed by atoms with van der Waals surface area (Å²) >= 11 is 0. The van der Waals surface area contributed by atoms with E-state index in [1.807, 2.05) is 6.08 Å². The lowest BCUT2D eigenvalue weighted by molar-refractivity contribution is 0.245. The van der Waals surface area contributed by atoms with E-state index in [0.29, 0.717) is 12.5 Å². The summed E-state index contributed by atoms with van der Waals surface area (Å²) in [4.78, 5) is 6.49. The van der Waals surface area contributed by atoms with Gasteiger partial charge in [0.15, 0.2) is 5.96 Å². The second-order valence-electron chi connectivity index (χ2n) is 4.90. The standard InChI is InChI=1S/C15H21N3/c1-4-10-18-14(16)17-11-15(18,3)13-8-6-12(5-2)7-9-13/h4,6-9H,1,5,10-11H2,2-3H3,(H2,16,17). The molecule has 2 N–H and O–H groups in total. The van der Waals surface area contributed by atoms with Crippen LogP contribution < -0.4 is 5.73 Å². The first kappa shape index (κ1) is 12.7. The maximum Gasteiger partial charge on any atom is 0.192 e. The van der Waals surface area contributed by atoms with Crippen molar-refractivity contribution in [3.8, 4) is 0 Å². The average molecular weight is 243 g/mol. The van der Waals surface area contributed by atoms with Gasteiger partial charge in [0.2, 0.25) is 0 Å². The molecule has 96 valence electrons. The first-order chi connectivity index (χ1) is 8.61. The van der Waals surface area contributed by atoms with Crippen molar-refractivity contribution in [1.29, 1.82) is 0 Å². The summed E-state index contributed by atoms with van der Waals surface area (Å²) in [6.45, 7) is 9.57. The van der Waals surface area contributed by atoms with Crippen molar-refractivity contribution in [3.63, 3.8) is 0 Å². The molecule has 1 unspecified atom stereocenters. The lowest BCUT2D eigenvalue weighted by Crippen LogP contribution is -2.47. The van der Waals surface area contributed by atoms with Crippen LogP contribution >= 0.6 is 0 Å². The molecule has 1 atom stereocenters. The van der Waals surface area contributed by atoms with Gasteiger partial charge in [-0.15, -0.1) is 6.58 Å². The van der Waals surface area contributed by atoms with Gasteiger partial charge in [0.25, 0.3) is 0 Å². The monoisotopic (exact) mass is 243 g/mol. The van der Waals surface area contributed by atoms with Crippen LogP contribution in [0.4, 0.5) is 0 Å². The Morgan fingerprint density at radius 1 is 1.44 bits per heavy atom. The number of hydrogen-bond acceptors (Lipinski definition) is 3. The van der Waals surface area contributed by atoms with Crippen LogP contribution in [-0.4, -0.2) is 23.9 Å². The molecule has 0 aromatic heterocycles. The smallest absolute Gasteiger partial charge is 0.192 e. The first-order valence-electron chi connectivity index (χ1n) is 6.39. The van der Waals surface area contributed by atoms with Gasteiger partial charge in [-0.05, 0) is 24.5 Å². The van der Waals surface area contributed by atoms with E-state index in [1.54, 1.807) is 0 Å². The summed E-state index contributed by atoms with van der Waals surface area (Å²) in [6, 6.07) is 8.73. The Kier molecular flexibility index (Phi) is 3.41. The topological polar surface area (TPSA) is 41.6 Å². The summed E-state index contributed by atoms with van der Waals surface area (Å²) < 4.78 is 0. The van der Waals surface area contributed by atoms with Gasteiger partial charge >= 0.3 is 0 Å². The molecular weight excluding hydrogens is 222 g/mol. The summed E-state index contributed by atoms with van der Waals surface area (Å²) in [5, 5.41) is 0. The van der Waals surface area contributed by atoms with E-state index in [9.17, 15) is 0 Å². The zero-order valence-electron chi connectivity index (χ0n) is 11.2. The quantitative estimate of drug-likeness (QED) is 0.824. The molecule has 1 heterocycles. The van der Waals surface area contributed by atoms with E-state index in [0.717, 1.165) is 13.0 Å².